The van der Waals surface area contributed by atoms with E-state index in [4.69, 9.17) is 0 Å². The van der Waals surface area contributed by atoms with Gasteiger partial charge in [-0.25, -0.2) is 4.99 Å². The fraction of sp³-hybridized carbons (Fsp3) is 0. The molecule has 2 amide bonds. The highest BCUT2D eigenvalue weighted by Gasteiger charge is 2.18. The maximum atomic E-state index is 10.9. The first-order valence-electron chi connectivity index (χ1n) is 3.70. The van der Waals surface area contributed by atoms with Gasteiger partial charge in [-0.3, -0.25) is 9.59 Å². The van der Waals surface area contributed by atoms with Gasteiger partial charge in [0.2, 0.25) is 0 Å². The molecule has 0 unspecified atom stereocenters. The minimum Gasteiger partial charge on any atom is -0.316 e. The van der Waals surface area contributed by atoms with Crippen LogP contribution >= 0.6 is 0 Å². The van der Waals surface area contributed by atoms with Crippen LogP contribution in [0.25, 0.3) is 6.58 Å². The van der Waals surface area contributed by atoms with Gasteiger partial charge in [0.1, 0.15) is 0 Å². The first kappa shape index (κ1) is 7.67. The highest BCUT2D eigenvalue weighted by atomic mass is 16.2. The van der Waals surface area contributed by atoms with Gasteiger partial charge in [0.25, 0.3) is 0 Å². The van der Waals surface area contributed by atoms with E-state index in [0.29, 0.717) is 16.3 Å². The van der Waals surface area contributed by atoms with E-state index in [2.05, 4.69) is 16.9 Å². The molecule has 0 radical (unpaired) electrons. The third-order valence-corrected chi connectivity index (χ3v) is 1.78. The van der Waals surface area contributed by atoms with Crippen molar-refractivity contribution in [3.05, 3.63) is 28.8 Å². The van der Waals surface area contributed by atoms with Gasteiger partial charge in [-0.15, -0.1) is 0 Å². The van der Waals surface area contributed by atoms with E-state index >= 15 is 0 Å². The summed E-state index contributed by atoms with van der Waals surface area (Å²) in [6.45, 7) is 3.70. The molecular weight excluding hydrogens is 168 g/mol. The lowest BCUT2D eigenvalue weighted by atomic mass is 10.2. The van der Waals surface area contributed by atoms with Crippen molar-refractivity contribution in [1.82, 2.24) is 0 Å². The molecule has 1 aromatic rings. The fourth-order valence-corrected chi connectivity index (χ4v) is 1.15. The Morgan fingerprint density at radius 2 is 2.08 bits per heavy atom. The number of hydrogen-bond acceptors (Lipinski definition) is 2. The Morgan fingerprint density at radius 3 is 2.85 bits per heavy atom. The Bertz CT molecular complexity index is 505. The molecule has 64 valence electrons. The van der Waals surface area contributed by atoms with E-state index in [1.807, 2.05) is 0 Å². The lowest BCUT2D eigenvalue weighted by Gasteiger charge is -2.07. The molecule has 0 fully saturated rings. The van der Waals surface area contributed by atoms with Crippen molar-refractivity contribution in [1.29, 1.82) is 0 Å². The lowest BCUT2D eigenvalue weighted by Crippen LogP contribution is -2.37. The highest BCUT2D eigenvalue weighted by Crippen LogP contribution is 2.00. The lowest BCUT2D eigenvalue weighted by molar-refractivity contribution is -0.134. The molecular formula is C9H6N2O2. The summed E-state index contributed by atoms with van der Waals surface area (Å²) >= 11 is 0. The van der Waals surface area contributed by atoms with Crippen molar-refractivity contribution >= 4 is 24.1 Å². The van der Waals surface area contributed by atoms with Gasteiger partial charge in [0.05, 0.1) is 11.0 Å². The molecule has 2 rings (SSSR count). The van der Waals surface area contributed by atoms with Crippen LogP contribution < -0.4 is 15.9 Å². The Balaban J connectivity index is 2.82. The number of fused-ring (bicyclic) bond motifs is 1. The zero-order valence-electron chi connectivity index (χ0n) is 6.70. The van der Waals surface area contributed by atoms with E-state index in [1.54, 1.807) is 18.2 Å². The molecule has 4 heteroatoms. The predicted octanol–water partition coefficient (Wildman–Crippen LogP) is -0.805. The van der Waals surface area contributed by atoms with Crippen LogP contribution in [0.4, 0.5) is 5.69 Å². The minimum atomic E-state index is -0.774. The molecule has 0 saturated carbocycles. The summed E-state index contributed by atoms with van der Waals surface area (Å²) in [5, 5.41) is 3.51. The highest BCUT2D eigenvalue weighted by molar-refractivity contribution is 6.40. The molecule has 0 bridgehead atoms. The molecule has 13 heavy (non-hydrogen) atoms. The van der Waals surface area contributed by atoms with Gasteiger partial charge in [0.15, 0.2) is 0 Å². The van der Waals surface area contributed by atoms with Crippen LogP contribution in [-0.2, 0) is 9.59 Å². The molecule has 4 nitrogen and oxygen atoms in total. The maximum Gasteiger partial charge on any atom is 0.335 e. The third-order valence-electron chi connectivity index (χ3n) is 1.78. The maximum absolute atomic E-state index is 10.9. The number of carbonyl (C=O) groups excluding carboxylic acids is 2. The van der Waals surface area contributed by atoms with E-state index in [9.17, 15) is 9.59 Å². The van der Waals surface area contributed by atoms with Gasteiger partial charge in [-0.2, -0.15) is 0 Å². The molecule has 1 aromatic carbocycles. The van der Waals surface area contributed by atoms with Crippen LogP contribution in [0.5, 0.6) is 0 Å². The number of amides is 2. The van der Waals surface area contributed by atoms with Crippen LogP contribution in [0, 0.1) is 0 Å². The summed E-state index contributed by atoms with van der Waals surface area (Å²) in [6.07, 6.45) is 0. The Labute approximate surface area is 73.6 Å². The molecule has 0 spiro atoms. The molecule has 0 aliphatic carbocycles. The van der Waals surface area contributed by atoms with Crippen molar-refractivity contribution < 1.29 is 9.59 Å². The van der Waals surface area contributed by atoms with E-state index in [0.717, 1.165) is 0 Å². The number of anilines is 1. The zero-order valence-corrected chi connectivity index (χ0v) is 6.70. The van der Waals surface area contributed by atoms with Crippen molar-refractivity contribution in [2.45, 2.75) is 0 Å². The van der Waals surface area contributed by atoms with Crippen LogP contribution in [0.15, 0.2) is 23.2 Å². The zero-order chi connectivity index (χ0) is 9.42. The number of rotatable bonds is 0. The van der Waals surface area contributed by atoms with E-state index < -0.39 is 11.8 Å². The van der Waals surface area contributed by atoms with Gasteiger partial charge >= 0.3 is 11.8 Å². The van der Waals surface area contributed by atoms with Crippen molar-refractivity contribution in [2.24, 2.45) is 4.99 Å². The molecule has 0 atom stereocenters. The molecule has 1 heterocycles. The summed E-state index contributed by atoms with van der Waals surface area (Å²) in [7, 11) is 0. The SMILES string of the molecule is C=c1cccc2c1=NC(=O)C(=O)N2. The van der Waals surface area contributed by atoms with Crippen LogP contribution in [0.1, 0.15) is 0 Å². The first-order valence-corrected chi connectivity index (χ1v) is 3.70. The number of nitrogens with one attached hydrogen (secondary N) is 1. The van der Waals surface area contributed by atoms with Gasteiger partial charge < -0.3 is 5.32 Å². The van der Waals surface area contributed by atoms with Crippen molar-refractivity contribution in [3.63, 3.8) is 0 Å². The molecule has 1 N–H and O–H groups in total. The van der Waals surface area contributed by atoms with Gasteiger partial charge in [-0.1, -0.05) is 18.7 Å². The van der Waals surface area contributed by atoms with Crippen LogP contribution in [0.3, 0.4) is 0 Å². The number of carbonyl (C=O) groups is 2. The Hall–Kier alpha value is -1.97. The quantitative estimate of drug-likeness (QED) is 0.523. The van der Waals surface area contributed by atoms with Crippen molar-refractivity contribution in [2.75, 3.05) is 5.32 Å². The molecule has 0 aromatic heterocycles. The average molecular weight is 174 g/mol. The standard InChI is InChI=1S/C9H6N2O2/c1-5-3-2-4-6-7(5)11-9(13)8(12)10-6/h2-4H,1H2,(H,10,12). The third kappa shape index (κ3) is 1.12. The number of hydrogen-bond donors (Lipinski definition) is 1. The second-order valence-electron chi connectivity index (χ2n) is 2.68. The Kier molecular flexibility index (Phi) is 1.48. The monoisotopic (exact) mass is 174 g/mol. The number of benzene rings is 1. The van der Waals surface area contributed by atoms with Crippen molar-refractivity contribution in [3.8, 4) is 0 Å². The van der Waals surface area contributed by atoms with Crippen LogP contribution in [0.2, 0.25) is 0 Å². The molecule has 1 aliphatic heterocycles. The van der Waals surface area contributed by atoms with Gasteiger partial charge in [-0.05, 0) is 11.3 Å². The van der Waals surface area contributed by atoms with Gasteiger partial charge in [0, 0.05) is 0 Å². The fourth-order valence-electron chi connectivity index (χ4n) is 1.15. The summed E-state index contributed by atoms with van der Waals surface area (Å²) in [5.74, 6) is -1.47. The summed E-state index contributed by atoms with van der Waals surface area (Å²) < 4.78 is 0. The molecule has 1 aliphatic rings. The average Bonchev–Trinajstić information content (AvgIpc) is 2.09. The Morgan fingerprint density at radius 1 is 1.31 bits per heavy atom. The normalized spacial score (nSPS) is 14.5. The first-order chi connectivity index (χ1) is 6.18. The summed E-state index contributed by atoms with van der Waals surface area (Å²) in [6, 6.07) is 5.15. The number of para-hydroxylation sites is 1. The predicted molar refractivity (Wildman–Crippen MR) is 46.4 cm³/mol. The molecule has 0 saturated heterocycles. The topological polar surface area (TPSA) is 58.5 Å². The van der Waals surface area contributed by atoms with Crippen LogP contribution in [-0.4, -0.2) is 11.8 Å². The largest absolute Gasteiger partial charge is 0.335 e. The smallest absolute Gasteiger partial charge is 0.316 e. The second-order valence-corrected chi connectivity index (χ2v) is 2.68. The number of nitrogens with zero attached hydrogens (tertiary/aromatic N) is 1. The van der Waals surface area contributed by atoms with E-state index in [-0.39, 0.29) is 0 Å². The summed E-state index contributed by atoms with van der Waals surface area (Å²) in [5.41, 5.74) is 0.539. The summed E-state index contributed by atoms with van der Waals surface area (Å²) in [4.78, 5) is 25.4. The van der Waals surface area contributed by atoms with E-state index in [1.165, 1.54) is 0 Å². The second kappa shape index (κ2) is 2.52. The minimum absolute atomic E-state index is 0.451.